The Morgan fingerprint density at radius 3 is 2.56 bits per heavy atom. The molecule has 5 heteroatoms. The summed E-state index contributed by atoms with van der Waals surface area (Å²) in [6.45, 7) is 0.0214. The molecule has 0 aromatic heterocycles. The molecule has 2 N–H and O–H groups in total. The van der Waals surface area contributed by atoms with Gasteiger partial charge in [-0.2, -0.15) is 5.26 Å². The topological polar surface area (TPSA) is 84.6 Å². The zero-order valence-corrected chi connectivity index (χ0v) is 10.00. The maximum atomic E-state index is 11.8. The van der Waals surface area contributed by atoms with Gasteiger partial charge in [-0.1, -0.05) is 12.1 Å². The van der Waals surface area contributed by atoms with Gasteiger partial charge in [0.15, 0.2) is 0 Å². The summed E-state index contributed by atoms with van der Waals surface area (Å²) in [5.41, 5.74) is 0.631. The Hall–Kier alpha value is -2.32. The first-order chi connectivity index (χ1) is 8.58. The second-order valence-corrected chi connectivity index (χ2v) is 3.71. The number of hydrogen-bond donors (Lipinski definition) is 2. The van der Waals surface area contributed by atoms with Crippen LogP contribution in [0, 0.1) is 11.3 Å². The van der Waals surface area contributed by atoms with Crippen molar-refractivity contribution >= 4 is 12.0 Å². The van der Waals surface area contributed by atoms with Crippen LogP contribution in [0.3, 0.4) is 0 Å². The van der Waals surface area contributed by atoms with Gasteiger partial charge >= 0.3 is 0 Å². The second kappa shape index (κ2) is 6.42. The van der Waals surface area contributed by atoms with E-state index < -0.39 is 5.91 Å². The minimum atomic E-state index is -0.445. The van der Waals surface area contributed by atoms with E-state index in [4.69, 9.17) is 15.5 Å². The lowest BCUT2D eigenvalue weighted by Crippen LogP contribution is -2.30. The molecule has 0 aliphatic heterocycles. The number of amides is 1. The number of phenols is 1. The normalized spacial score (nSPS) is 10.8. The summed E-state index contributed by atoms with van der Waals surface area (Å²) in [6, 6.07) is 7.99. The molecular formula is C13H14N2O3. The summed E-state index contributed by atoms with van der Waals surface area (Å²) in [6.07, 6.45) is 1.44. The number of benzene rings is 1. The van der Waals surface area contributed by atoms with Crippen molar-refractivity contribution in [3.63, 3.8) is 0 Å². The molecule has 1 aromatic carbocycles. The molecule has 0 saturated carbocycles. The fraction of sp³-hybridized carbons (Fsp3) is 0.231. The highest BCUT2D eigenvalue weighted by molar-refractivity contribution is 6.01. The maximum absolute atomic E-state index is 11.8. The maximum Gasteiger partial charge on any atom is 0.264 e. The Kier molecular flexibility index (Phi) is 4.90. The van der Waals surface area contributed by atoms with Gasteiger partial charge in [-0.05, 0) is 23.8 Å². The highest BCUT2D eigenvalue weighted by Crippen LogP contribution is 2.13. The number of aliphatic hydroxyl groups excluding tert-OH is 1. The summed E-state index contributed by atoms with van der Waals surface area (Å²) >= 11 is 0. The summed E-state index contributed by atoms with van der Waals surface area (Å²) in [5, 5.41) is 26.8. The Bertz CT molecular complexity index is 486. The fourth-order valence-corrected chi connectivity index (χ4v) is 1.34. The molecule has 1 amide bonds. The Morgan fingerprint density at radius 1 is 1.44 bits per heavy atom. The highest BCUT2D eigenvalue weighted by Gasteiger charge is 2.13. The number of likely N-dealkylation sites (N-methyl/N-ethyl adjacent to an activating group) is 1. The first-order valence-electron chi connectivity index (χ1n) is 5.35. The molecule has 5 nitrogen and oxygen atoms in total. The molecule has 94 valence electrons. The minimum Gasteiger partial charge on any atom is -0.508 e. The number of aromatic hydroxyl groups is 1. The van der Waals surface area contributed by atoms with Crippen LogP contribution in [0.1, 0.15) is 5.56 Å². The van der Waals surface area contributed by atoms with Crippen LogP contribution in [-0.2, 0) is 4.79 Å². The summed E-state index contributed by atoms with van der Waals surface area (Å²) in [7, 11) is 1.51. The lowest BCUT2D eigenvalue weighted by atomic mass is 10.1. The van der Waals surface area contributed by atoms with Crippen LogP contribution in [0.5, 0.6) is 5.75 Å². The number of carbonyl (C=O) groups excluding carboxylic acids is 1. The van der Waals surface area contributed by atoms with Gasteiger partial charge in [0.25, 0.3) is 5.91 Å². The Morgan fingerprint density at radius 2 is 2.06 bits per heavy atom. The molecule has 0 spiro atoms. The standard InChI is InChI=1S/C13H14N2O3/c1-15(6-7-16)13(18)11(9-14)8-10-2-4-12(17)5-3-10/h2-5,8,16-17H,6-7H2,1H3/b11-8+. The Labute approximate surface area is 105 Å². The number of phenolic OH excluding ortho intramolecular Hbond substituents is 1. The first-order valence-corrected chi connectivity index (χ1v) is 5.35. The highest BCUT2D eigenvalue weighted by atomic mass is 16.3. The van der Waals surface area contributed by atoms with E-state index in [1.165, 1.54) is 30.2 Å². The second-order valence-electron chi connectivity index (χ2n) is 3.71. The molecule has 0 aliphatic carbocycles. The molecule has 0 fully saturated rings. The smallest absolute Gasteiger partial charge is 0.264 e. The van der Waals surface area contributed by atoms with E-state index in [1.54, 1.807) is 12.1 Å². The van der Waals surface area contributed by atoms with E-state index in [2.05, 4.69) is 0 Å². The average Bonchev–Trinajstić information content (AvgIpc) is 2.37. The Balaban J connectivity index is 2.93. The van der Waals surface area contributed by atoms with E-state index >= 15 is 0 Å². The number of carbonyl (C=O) groups is 1. The van der Waals surface area contributed by atoms with Gasteiger partial charge in [-0.3, -0.25) is 4.79 Å². The molecule has 0 saturated heterocycles. The largest absolute Gasteiger partial charge is 0.508 e. The van der Waals surface area contributed by atoms with Crippen molar-refractivity contribution in [2.45, 2.75) is 0 Å². The van der Waals surface area contributed by atoms with Gasteiger partial charge in [0.1, 0.15) is 17.4 Å². The lowest BCUT2D eigenvalue weighted by molar-refractivity contribution is -0.125. The molecule has 0 aliphatic rings. The van der Waals surface area contributed by atoms with Gasteiger partial charge < -0.3 is 15.1 Å². The predicted molar refractivity (Wildman–Crippen MR) is 66.4 cm³/mol. The van der Waals surface area contributed by atoms with Crippen molar-refractivity contribution in [1.82, 2.24) is 4.90 Å². The number of nitrogens with zero attached hydrogens (tertiary/aromatic N) is 2. The number of nitriles is 1. The quantitative estimate of drug-likeness (QED) is 0.606. The van der Waals surface area contributed by atoms with E-state index in [0.717, 1.165) is 0 Å². The van der Waals surface area contributed by atoms with Crippen molar-refractivity contribution in [1.29, 1.82) is 5.26 Å². The van der Waals surface area contributed by atoms with Crippen molar-refractivity contribution in [3.8, 4) is 11.8 Å². The zero-order valence-electron chi connectivity index (χ0n) is 10.00. The van der Waals surface area contributed by atoms with Gasteiger partial charge in [-0.25, -0.2) is 0 Å². The predicted octanol–water partition coefficient (Wildman–Crippen LogP) is 0.750. The van der Waals surface area contributed by atoms with Crippen LogP contribution in [0.2, 0.25) is 0 Å². The van der Waals surface area contributed by atoms with Gasteiger partial charge in [-0.15, -0.1) is 0 Å². The molecular weight excluding hydrogens is 232 g/mol. The molecule has 0 atom stereocenters. The van der Waals surface area contributed by atoms with Crippen LogP contribution < -0.4 is 0 Å². The van der Waals surface area contributed by atoms with Crippen LogP contribution in [0.15, 0.2) is 29.8 Å². The van der Waals surface area contributed by atoms with Crippen molar-refractivity contribution < 1.29 is 15.0 Å². The fourth-order valence-electron chi connectivity index (χ4n) is 1.34. The third-order valence-corrected chi connectivity index (χ3v) is 2.34. The molecule has 18 heavy (non-hydrogen) atoms. The third kappa shape index (κ3) is 3.61. The molecule has 0 heterocycles. The van der Waals surface area contributed by atoms with Crippen LogP contribution in [-0.4, -0.2) is 41.2 Å². The number of rotatable bonds is 4. The van der Waals surface area contributed by atoms with Crippen molar-refractivity contribution in [2.75, 3.05) is 20.2 Å². The third-order valence-electron chi connectivity index (χ3n) is 2.34. The summed E-state index contributed by atoms with van der Waals surface area (Å²) in [5.74, 6) is -0.325. The molecule has 0 bridgehead atoms. The average molecular weight is 246 g/mol. The number of hydrogen-bond acceptors (Lipinski definition) is 4. The first kappa shape index (κ1) is 13.7. The van der Waals surface area contributed by atoms with E-state index in [-0.39, 0.29) is 24.5 Å². The van der Waals surface area contributed by atoms with Crippen molar-refractivity contribution in [3.05, 3.63) is 35.4 Å². The van der Waals surface area contributed by atoms with Crippen LogP contribution >= 0.6 is 0 Å². The lowest BCUT2D eigenvalue weighted by Gasteiger charge is -2.14. The van der Waals surface area contributed by atoms with Crippen molar-refractivity contribution in [2.24, 2.45) is 0 Å². The van der Waals surface area contributed by atoms with Crippen LogP contribution in [0.25, 0.3) is 6.08 Å². The summed E-state index contributed by atoms with van der Waals surface area (Å²) in [4.78, 5) is 13.1. The van der Waals surface area contributed by atoms with Gasteiger partial charge in [0, 0.05) is 13.6 Å². The van der Waals surface area contributed by atoms with Gasteiger partial charge in [0.2, 0.25) is 0 Å². The SMILES string of the molecule is CN(CCO)C(=O)/C(C#N)=C/c1ccc(O)cc1. The van der Waals surface area contributed by atoms with Crippen LogP contribution in [0.4, 0.5) is 0 Å². The molecule has 1 rings (SSSR count). The van der Waals surface area contributed by atoms with E-state index in [1.807, 2.05) is 6.07 Å². The molecule has 0 unspecified atom stereocenters. The summed E-state index contributed by atoms with van der Waals surface area (Å²) < 4.78 is 0. The molecule has 1 aromatic rings. The zero-order chi connectivity index (χ0) is 13.5. The minimum absolute atomic E-state index is 0.0170. The van der Waals surface area contributed by atoms with E-state index in [0.29, 0.717) is 5.56 Å². The van der Waals surface area contributed by atoms with E-state index in [9.17, 15) is 4.79 Å². The monoisotopic (exact) mass is 246 g/mol. The number of aliphatic hydroxyl groups is 1. The molecule has 0 radical (unpaired) electrons. The van der Waals surface area contributed by atoms with Gasteiger partial charge in [0.05, 0.1) is 6.61 Å².